The number of ether oxygens (including phenoxy) is 1. The number of aliphatic imine (C=N–C) groups is 1. The molecule has 1 heterocycles. The summed E-state index contributed by atoms with van der Waals surface area (Å²) in [4.78, 5) is 9.87. The molecular weight excluding hydrogens is 453 g/mol. The molecular formula is C20H42IN5O. The average molecular weight is 495 g/mol. The third-order valence-corrected chi connectivity index (χ3v) is 5.77. The Morgan fingerprint density at radius 2 is 1.89 bits per heavy atom. The molecule has 160 valence electrons. The fourth-order valence-corrected chi connectivity index (χ4v) is 4.09. The second kappa shape index (κ2) is 14.8. The second-order valence-electron chi connectivity index (χ2n) is 7.79. The highest BCUT2D eigenvalue weighted by atomic mass is 127. The first kappa shape index (κ1) is 24.9. The first-order valence-electron chi connectivity index (χ1n) is 10.7. The smallest absolute Gasteiger partial charge is 0.191 e. The fraction of sp³-hybridized carbons (Fsp3) is 0.950. The summed E-state index contributed by atoms with van der Waals surface area (Å²) in [5.74, 6) is 0.991. The Bertz CT molecular complexity index is 396. The van der Waals surface area contributed by atoms with Gasteiger partial charge in [-0.15, -0.1) is 24.0 Å². The van der Waals surface area contributed by atoms with E-state index in [0.29, 0.717) is 6.04 Å². The van der Waals surface area contributed by atoms with Gasteiger partial charge in [-0.05, 0) is 46.1 Å². The van der Waals surface area contributed by atoms with Gasteiger partial charge in [0.05, 0.1) is 6.54 Å². The van der Waals surface area contributed by atoms with Gasteiger partial charge in [0.15, 0.2) is 5.96 Å². The third kappa shape index (κ3) is 9.76. The first-order valence-corrected chi connectivity index (χ1v) is 10.7. The first-order chi connectivity index (χ1) is 12.7. The van der Waals surface area contributed by atoms with Crippen molar-refractivity contribution in [2.24, 2.45) is 4.99 Å². The van der Waals surface area contributed by atoms with Crippen LogP contribution in [0.1, 0.15) is 51.9 Å². The molecule has 2 aliphatic rings. The van der Waals surface area contributed by atoms with Crippen LogP contribution < -0.4 is 10.6 Å². The predicted octanol–water partition coefficient (Wildman–Crippen LogP) is 2.53. The van der Waals surface area contributed by atoms with E-state index in [0.717, 1.165) is 51.2 Å². The van der Waals surface area contributed by atoms with E-state index in [2.05, 4.69) is 34.4 Å². The summed E-state index contributed by atoms with van der Waals surface area (Å²) in [5, 5.41) is 7.07. The largest absolute Gasteiger partial charge is 0.385 e. The number of guanidine groups is 1. The zero-order valence-electron chi connectivity index (χ0n) is 17.7. The number of rotatable bonds is 10. The van der Waals surface area contributed by atoms with Gasteiger partial charge in [-0.1, -0.05) is 12.8 Å². The van der Waals surface area contributed by atoms with Gasteiger partial charge in [0.25, 0.3) is 0 Å². The Balaban J connectivity index is 0.00000364. The number of nitrogens with zero attached hydrogens (tertiary/aromatic N) is 3. The summed E-state index contributed by atoms with van der Waals surface area (Å²) in [5.41, 5.74) is 0. The molecule has 1 aliphatic carbocycles. The number of halogens is 1. The molecule has 7 heteroatoms. The molecule has 0 spiro atoms. The van der Waals surface area contributed by atoms with Crippen LogP contribution in [0.15, 0.2) is 4.99 Å². The molecule has 0 aromatic carbocycles. The number of piperidine rings is 1. The van der Waals surface area contributed by atoms with Crippen LogP contribution in [0.4, 0.5) is 0 Å². The van der Waals surface area contributed by atoms with E-state index in [1.165, 1.54) is 51.6 Å². The van der Waals surface area contributed by atoms with Gasteiger partial charge in [-0.25, -0.2) is 0 Å². The maximum Gasteiger partial charge on any atom is 0.191 e. The summed E-state index contributed by atoms with van der Waals surface area (Å²) in [7, 11) is 4.04. The van der Waals surface area contributed by atoms with Crippen LogP contribution in [0, 0.1) is 0 Å². The maximum atomic E-state index is 5.15. The van der Waals surface area contributed by atoms with E-state index < -0.39 is 0 Å². The van der Waals surface area contributed by atoms with Crippen molar-refractivity contribution in [1.29, 1.82) is 0 Å². The average Bonchev–Trinajstić information content (AvgIpc) is 3.18. The molecule has 2 rings (SSSR count). The normalized spacial score (nSPS) is 20.1. The monoisotopic (exact) mass is 495 g/mol. The third-order valence-electron chi connectivity index (χ3n) is 5.77. The maximum absolute atomic E-state index is 5.15. The van der Waals surface area contributed by atoms with E-state index in [1.54, 1.807) is 7.11 Å². The zero-order valence-corrected chi connectivity index (χ0v) is 20.0. The van der Waals surface area contributed by atoms with Crippen molar-refractivity contribution in [3.8, 4) is 0 Å². The Hall–Kier alpha value is -0.120. The predicted molar refractivity (Wildman–Crippen MR) is 125 cm³/mol. The van der Waals surface area contributed by atoms with Crippen LogP contribution in [-0.2, 0) is 4.74 Å². The number of likely N-dealkylation sites (N-methyl/N-ethyl adjacent to an activating group) is 1. The molecule has 6 nitrogen and oxygen atoms in total. The summed E-state index contributed by atoms with van der Waals surface area (Å²) < 4.78 is 5.15. The van der Waals surface area contributed by atoms with Crippen molar-refractivity contribution in [3.05, 3.63) is 0 Å². The van der Waals surface area contributed by atoms with Crippen molar-refractivity contribution < 1.29 is 4.74 Å². The summed E-state index contributed by atoms with van der Waals surface area (Å²) in [6.45, 7) is 9.35. The number of likely N-dealkylation sites (tertiary alicyclic amines) is 1. The van der Waals surface area contributed by atoms with Gasteiger partial charge in [0, 0.05) is 58.5 Å². The van der Waals surface area contributed by atoms with Gasteiger partial charge in [-0.3, -0.25) is 4.99 Å². The SMILES string of the molecule is CCNC(=NCCN(C)C1CCCC1)NC1CCN(CCCOC)CC1.I. The standard InChI is InChI=1S/C20H41N5O.HI/c1-4-21-20(22-12-16-24(2)19-8-5-6-9-19)23-18-10-14-25(15-11-18)13-7-17-26-3;/h18-19H,4-17H2,1-3H3,(H2,21,22,23);1H. The zero-order chi connectivity index (χ0) is 18.6. The minimum Gasteiger partial charge on any atom is -0.385 e. The topological polar surface area (TPSA) is 52.1 Å². The lowest BCUT2D eigenvalue weighted by Gasteiger charge is -2.33. The summed E-state index contributed by atoms with van der Waals surface area (Å²) in [6, 6.07) is 1.32. The van der Waals surface area contributed by atoms with Gasteiger partial charge in [-0.2, -0.15) is 0 Å². The highest BCUT2D eigenvalue weighted by molar-refractivity contribution is 14.0. The molecule has 0 aromatic heterocycles. The van der Waals surface area contributed by atoms with E-state index in [4.69, 9.17) is 9.73 Å². The molecule has 27 heavy (non-hydrogen) atoms. The van der Waals surface area contributed by atoms with Crippen molar-refractivity contribution in [2.75, 3.05) is 60.0 Å². The Morgan fingerprint density at radius 1 is 1.19 bits per heavy atom. The van der Waals surface area contributed by atoms with Crippen molar-refractivity contribution >= 4 is 29.9 Å². The van der Waals surface area contributed by atoms with Crippen molar-refractivity contribution in [3.63, 3.8) is 0 Å². The molecule has 0 aromatic rings. The molecule has 1 aliphatic heterocycles. The minimum absolute atomic E-state index is 0. The molecule has 0 unspecified atom stereocenters. The van der Waals surface area contributed by atoms with Gasteiger partial charge in [0.1, 0.15) is 0 Å². The molecule has 1 saturated carbocycles. The minimum atomic E-state index is 0. The lowest BCUT2D eigenvalue weighted by atomic mass is 10.1. The van der Waals surface area contributed by atoms with E-state index in [1.807, 2.05) is 0 Å². The number of hydrogen-bond acceptors (Lipinski definition) is 4. The Kier molecular flexibility index (Phi) is 13.7. The second-order valence-corrected chi connectivity index (χ2v) is 7.79. The van der Waals surface area contributed by atoms with Crippen LogP contribution in [0.25, 0.3) is 0 Å². The quantitative estimate of drug-likeness (QED) is 0.211. The summed E-state index contributed by atoms with van der Waals surface area (Å²) >= 11 is 0. The fourth-order valence-electron chi connectivity index (χ4n) is 4.09. The van der Waals surface area contributed by atoms with Crippen LogP contribution >= 0.6 is 24.0 Å². The number of hydrogen-bond donors (Lipinski definition) is 2. The van der Waals surface area contributed by atoms with Crippen LogP contribution in [0.2, 0.25) is 0 Å². The van der Waals surface area contributed by atoms with Gasteiger partial charge in [0.2, 0.25) is 0 Å². The van der Waals surface area contributed by atoms with Crippen LogP contribution in [-0.4, -0.2) is 87.9 Å². The molecule has 2 N–H and O–H groups in total. The van der Waals surface area contributed by atoms with Crippen LogP contribution in [0.3, 0.4) is 0 Å². The van der Waals surface area contributed by atoms with Crippen LogP contribution in [0.5, 0.6) is 0 Å². The molecule has 0 bridgehead atoms. The van der Waals surface area contributed by atoms with Gasteiger partial charge >= 0.3 is 0 Å². The van der Waals surface area contributed by atoms with Crippen molar-refractivity contribution in [1.82, 2.24) is 20.4 Å². The van der Waals surface area contributed by atoms with E-state index >= 15 is 0 Å². The molecule has 2 fully saturated rings. The lowest BCUT2D eigenvalue weighted by molar-refractivity contribution is 0.155. The number of methoxy groups -OCH3 is 1. The number of nitrogens with one attached hydrogen (secondary N) is 2. The molecule has 1 saturated heterocycles. The molecule has 0 radical (unpaired) electrons. The Labute approximate surface area is 183 Å². The highest BCUT2D eigenvalue weighted by Crippen LogP contribution is 2.21. The molecule has 0 atom stereocenters. The molecule has 0 amide bonds. The summed E-state index contributed by atoms with van der Waals surface area (Å²) in [6.07, 6.45) is 9.04. The van der Waals surface area contributed by atoms with Gasteiger partial charge < -0.3 is 25.2 Å². The lowest BCUT2D eigenvalue weighted by Crippen LogP contribution is -2.49. The van der Waals surface area contributed by atoms with Crippen molar-refractivity contribution in [2.45, 2.75) is 64.0 Å². The van der Waals surface area contributed by atoms with E-state index in [9.17, 15) is 0 Å². The highest BCUT2D eigenvalue weighted by Gasteiger charge is 2.20. The Morgan fingerprint density at radius 3 is 2.52 bits per heavy atom. The van der Waals surface area contributed by atoms with E-state index in [-0.39, 0.29) is 24.0 Å².